The Morgan fingerprint density at radius 1 is 1.21 bits per heavy atom. The summed E-state index contributed by atoms with van der Waals surface area (Å²) in [4.78, 5) is 17.8. The number of aryl methyl sites for hydroxylation is 1. The molecule has 0 fully saturated rings. The Kier molecular flexibility index (Phi) is 9.00. The van der Waals surface area contributed by atoms with Crippen molar-refractivity contribution >= 4 is 5.97 Å². The molecular formula is C26H29N3O4. The van der Waals surface area contributed by atoms with Crippen LogP contribution >= 0.6 is 0 Å². The van der Waals surface area contributed by atoms with Gasteiger partial charge in [-0.2, -0.15) is 10.5 Å². The molecule has 1 atom stereocenters. The van der Waals surface area contributed by atoms with Crippen molar-refractivity contribution in [1.29, 1.82) is 10.5 Å². The highest BCUT2D eigenvalue weighted by Gasteiger charge is 2.33. The zero-order valence-corrected chi connectivity index (χ0v) is 20.0. The maximum Gasteiger partial charge on any atom is 0.334 e. The van der Waals surface area contributed by atoms with Gasteiger partial charge in [-0.15, -0.1) is 0 Å². The van der Waals surface area contributed by atoms with Crippen molar-refractivity contribution < 1.29 is 19.0 Å². The Labute approximate surface area is 195 Å². The van der Waals surface area contributed by atoms with Gasteiger partial charge in [0.1, 0.15) is 12.4 Å². The number of rotatable bonds is 9. The predicted octanol–water partition coefficient (Wildman–Crippen LogP) is 4.90. The van der Waals surface area contributed by atoms with Crippen LogP contribution in [-0.2, 0) is 9.53 Å². The highest BCUT2D eigenvalue weighted by molar-refractivity contribution is 5.92. The predicted molar refractivity (Wildman–Crippen MR) is 124 cm³/mol. The Bertz CT molecular complexity index is 1140. The number of nitriles is 2. The minimum atomic E-state index is -0.624. The normalized spacial score (nSPS) is 11.0. The molecule has 0 aliphatic rings. The van der Waals surface area contributed by atoms with Crippen molar-refractivity contribution in [2.24, 2.45) is 0 Å². The van der Waals surface area contributed by atoms with Gasteiger partial charge in [-0.3, -0.25) is 0 Å². The monoisotopic (exact) mass is 447 g/mol. The van der Waals surface area contributed by atoms with Gasteiger partial charge in [-0.25, -0.2) is 9.78 Å². The minimum absolute atomic E-state index is 0.00724. The zero-order valence-electron chi connectivity index (χ0n) is 20.0. The third-order valence-electron chi connectivity index (χ3n) is 5.34. The van der Waals surface area contributed by atoms with Crippen molar-refractivity contribution in [1.82, 2.24) is 4.98 Å². The van der Waals surface area contributed by atoms with E-state index in [1.54, 1.807) is 24.4 Å². The van der Waals surface area contributed by atoms with E-state index in [2.05, 4.69) is 11.1 Å². The van der Waals surface area contributed by atoms with Crippen LogP contribution in [0.5, 0.6) is 11.6 Å². The number of hydrogen-bond donors (Lipinski definition) is 0. The Balaban J connectivity index is 2.89. The van der Waals surface area contributed by atoms with Crippen LogP contribution in [0.2, 0.25) is 0 Å². The van der Waals surface area contributed by atoms with E-state index in [0.29, 0.717) is 34.9 Å². The van der Waals surface area contributed by atoms with Crippen LogP contribution < -0.4 is 9.47 Å². The first-order valence-electron chi connectivity index (χ1n) is 10.7. The Morgan fingerprint density at radius 3 is 2.52 bits per heavy atom. The molecule has 0 N–H and O–H groups in total. The second-order valence-corrected chi connectivity index (χ2v) is 7.68. The van der Waals surface area contributed by atoms with Gasteiger partial charge >= 0.3 is 5.97 Å². The molecule has 2 rings (SSSR count). The summed E-state index contributed by atoms with van der Waals surface area (Å²) in [6.45, 7) is 9.84. The number of ether oxygens (including phenoxy) is 3. The molecule has 0 amide bonds. The van der Waals surface area contributed by atoms with E-state index < -0.39 is 11.9 Å². The summed E-state index contributed by atoms with van der Waals surface area (Å²) >= 11 is 0. The second-order valence-electron chi connectivity index (χ2n) is 7.68. The molecule has 0 saturated heterocycles. The molecule has 1 aromatic heterocycles. The van der Waals surface area contributed by atoms with Crippen LogP contribution in [0.25, 0.3) is 0 Å². The maximum absolute atomic E-state index is 13.3. The number of nitrogens with zero attached hydrogens (tertiary/aromatic N) is 3. The lowest BCUT2D eigenvalue weighted by atomic mass is 9.80. The highest BCUT2D eigenvalue weighted by Crippen LogP contribution is 2.44. The average molecular weight is 448 g/mol. The largest absolute Gasteiger partial charge is 0.496 e. The second kappa shape index (κ2) is 11.7. The molecule has 33 heavy (non-hydrogen) atoms. The van der Waals surface area contributed by atoms with Gasteiger partial charge in [0.05, 0.1) is 43.8 Å². The SMILES string of the molecule is CCOc1ncc(C)c(C)c1C(C(C(=O)OCCC#N)=C(C)C)c1ccc(C#N)cc1OC. The molecule has 0 spiro atoms. The molecule has 172 valence electrons. The van der Waals surface area contributed by atoms with Crippen molar-refractivity contribution in [3.8, 4) is 23.8 Å². The molecule has 2 aromatic rings. The molecule has 1 heterocycles. The Hall–Kier alpha value is -3.84. The lowest BCUT2D eigenvalue weighted by molar-refractivity contribution is -0.139. The van der Waals surface area contributed by atoms with Crippen LogP contribution in [0, 0.1) is 36.5 Å². The highest BCUT2D eigenvalue weighted by atomic mass is 16.5. The molecule has 0 saturated carbocycles. The van der Waals surface area contributed by atoms with E-state index in [9.17, 15) is 10.1 Å². The quantitative estimate of drug-likeness (QED) is 0.306. The van der Waals surface area contributed by atoms with Gasteiger partial charge in [0.15, 0.2) is 0 Å². The summed E-state index contributed by atoms with van der Waals surface area (Å²) in [6, 6.07) is 9.22. The van der Waals surface area contributed by atoms with Gasteiger partial charge in [0, 0.05) is 22.9 Å². The number of carbonyl (C=O) groups is 1. The van der Waals surface area contributed by atoms with Crippen molar-refractivity contribution in [3.63, 3.8) is 0 Å². The van der Waals surface area contributed by atoms with Crippen LogP contribution in [0.15, 0.2) is 35.5 Å². The van der Waals surface area contributed by atoms with Crippen LogP contribution in [0.3, 0.4) is 0 Å². The van der Waals surface area contributed by atoms with Gasteiger partial charge in [-0.1, -0.05) is 11.6 Å². The van der Waals surface area contributed by atoms with Gasteiger partial charge in [0.2, 0.25) is 5.88 Å². The van der Waals surface area contributed by atoms with Crippen molar-refractivity contribution in [2.75, 3.05) is 20.3 Å². The van der Waals surface area contributed by atoms with Crippen LogP contribution in [0.1, 0.15) is 60.9 Å². The lowest BCUT2D eigenvalue weighted by Gasteiger charge is -2.27. The summed E-state index contributed by atoms with van der Waals surface area (Å²) in [5.41, 5.74) is 4.87. The first-order valence-corrected chi connectivity index (χ1v) is 10.7. The smallest absolute Gasteiger partial charge is 0.334 e. The molecule has 7 nitrogen and oxygen atoms in total. The van der Waals surface area contributed by atoms with E-state index in [0.717, 1.165) is 22.3 Å². The zero-order chi connectivity index (χ0) is 24.5. The maximum atomic E-state index is 13.3. The van der Waals surface area contributed by atoms with Crippen molar-refractivity contribution in [2.45, 2.75) is 47.0 Å². The van der Waals surface area contributed by atoms with Crippen LogP contribution in [-0.4, -0.2) is 31.3 Å². The number of methoxy groups -OCH3 is 1. The van der Waals surface area contributed by atoms with E-state index in [1.807, 2.05) is 40.7 Å². The molecule has 0 aliphatic carbocycles. The molecule has 0 radical (unpaired) electrons. The van der Waals surface area contributed by atoms with E-state index >= 15 is 0 Å². The third kappa shape index (κ3) is 5.70. The number of pyridine rings is 1. The minimum Gasteiger partial charge on any atom is -0.496 e. The fraction of sp³-hybridized carbons (Fsp3) is 0.385. The van der Waals surface area contributed by atoms with Crippen molar-refractivity contribution in [3.05, 3.63) is 63.4 Å². The number of hydrogen-bond acceptors (Lipinski definition) is 7. The summed E-state index contributed by atoms with van der Waals surface area (Å²) in [6.07, 6.45) is 1.84. The summed E-state index contributed by atoms with van der Waals surface area (Å²) < 4.78 is 17.0. The number of carbonyl (C=O) groups excluding carboxylic acids is 1. The van der Waals surface area contributed by atoms with Gasteiger partial charge in [0.25, 0.3) is 0 Å². The fourth-order valence-corrected chi connectivity index (χ4v) is 3.64. The molecule has 7 heteroatoms. The molecule has 0 aliphatic heterocycles. The van der Waals surface area contributed by atoms with E-state index in [-0.39, 0.29) is 13.0 Å². The summed E-state index contributed by atoms with van der Waals surface area (Å²) in [7, 11) is 1.52. The fourth-order valence-electron chi connectivity index (χ4n) is 3.64. The van der Waals surface area contributed by atoms with Gasteiger partial charge in [-0.05, 0) is 57.9 Å². The molecular weight excluding hydrogens is 418 g/mol. The number of esters is 1. The third-order valence-corrected chi connectivity index (χ3v) is 5.34. The lowest BCUT2D eigenvalue weighted by Crippen LogP contribution is -2.21. The molecule has 1 aromatic carbocycles. The Morgan fingerprint density at radius 2 is 1.94 bits per heavy atom. The topological polar surface area (TPSA) is 105 Å². The van der Waals surface area contributed by atoms with Gasteiger partial charge < -0.3 is 14.2 Å². The van der Waals surface area contributed by atoms with E-state index in [4.69, 9.17) is 19.5 Å². The summed E-state index contributed by atoms with van der Waals surface area (Å²) in [5.74, 6) is -0.266. The first-order chi connectivity index (χ1) is 15.8. The number of benzene rings is 1. The average Bonchev–Trinajstić information content (AvgIpc) is 2.80. The summed E-state index contributed by atoms with van der Waals surface area (Å²) in [5, 5.41) is 18.2. The number of allylic oxidation sites excluding steroid dienone is 1. The molecule has 1 unspecified atom stereocenters. The van der Waals surface area contributed by atoms with E-state index in [1.165, 1.54) is 7.11 Å². The molecule has 0 bridgehead atoms. The van der Waals surface area contributed by atoms with Crippen LogP contribution in [0.4, 0.5) is 0 Å². The standard InChI is InChI=1S/C26H29N3O4/c1-7-32-25-23(18(5)17(4)15-29-25)24(20-10-9-19(14-28)13-21(20)31-6)22(16(2)3)26(30)33-12-8-11-27/h9-10,13,15,24H,7-8,12H2,1-6H3. The number of aromatic nitrogens is 1. The first kappa shape index (κ1) is 25.4.